The molecule has 3 heterocycles. The molecule has 1 aliphatic rings. The van der Waals surface area contributed by atoms with Gasteiger partial charge < -0.3 is 21.1 Å². The lowest BCUT2D eigenvalue weighted by Crippen LogP contribution is -2.52. The number of anilines is 1. The lowest BCUT2D eigenvalue weighted by atomic mass is 10.0. The van der Waals surface area contributed by atoms with Crippen LogP contribution in [0.4, 0.5) is 5.95 Å². The average molecular weight is 376 g/mol. The van der Waals surface area contributed by atoms with E-state index in [-0.39, 0.29) is 12.1 Å². The number of rotatable bonds is 4. The molecule has 1 fully saturated rings. The van der Waals surface area contributed by atoms with Crippen LogP contribution in [0.2, 0.25) is 0 Å². The van der Waals surface area contributed by atoms with Gasteiger partial charge in [0.05, 0.1) is 18.5 Å². The summed E-state index contributed by atoms with van der Waals surface area (Å²) in [4.78, 5) is 15.8. The van der Waals surface area contributed by atoms with Gasteiger partial charge in [0.15, 0.2) is 0 Å². The normalized spacial score (nSPS) is 19.5. The lowest BCUT2D eigenvalue weighted by molar-refractivity contribution is 0.415. The molecule has 0 bridgehead atoms. The van der Waals surface area contributed by atoms with Crippen molar-refractivity contribution in [1.82, 2.24) is 15.0 Å². The fourth-order valence-corrected chi connectivity index (χ4v) is 3.50. The summed E-state index contributed by atoms with van der Waals surface area (Å²) in [6, 6.07) is 13.7. The Hall–Kier alpha value is -3.03. The zero-order chi connectivity index (χ0) is 19.5. The average Bonchev–Trinajstić information content (AvgIpc) is 2.73. The maximum Gasteiger partial charge on any atom is 0.226 e. The van der Waals surface area contributed by atoms with Gasteiger partial charge in [-0.2, -0.15) is 0 Å². The Morgan fingerprint density at radius 1 is 0.893 bits per heavy atom. The number of aromatic nitrogens is 3. The van der Waals surface area contributed by atoms with Gasteiger partial charge in [-0.05, 0) is 48.9 Å². The summed E-state index contributed by atoms with van der Waals surface area (Å²) in [7, 11) is 1.65. The van der Waals surface area contributed by atoms with Crippen LogP contribution in [0.5, 0.6) is 5.75 Å². The van der Waals surface area contributed by atoms with Crippen molar-refractivity contribution in [1.29, 1.82) is 0 Å². The van der Waals surface area contributed by atoms with Crippen molar-refractivity contribution >= 4 is 5.95 Å². The van der Waals surface area contributed by atoms with Crippen LogP contribution in [-0.4, -0.2) is 47.2 Å². The fraction of sp³-hybridized carbons (Fsp3) is 0.286. The zero-order valence-electron chi connectivity index (χ0n) is 15.8. The molecule has 2 atom stereocenters. The van der Waals surface area contributed by atoms with E-state index >= 15 is 0 Å². The van der Waals surface area contributed by atoms with E-state index < -0.39 is 0 Å². The van der Waals surface area contributed by atoms with Gasteiger partial charge in [0.1, 0.15) is 5.75 Å². The van der Waals surface area contributed by atoms with Crippen LogP contribution >= 0.6 is 0 Å². The van der Waals surface area contributed by atoms with Crippen molar-refractivity contribution in [3.05, 3.63) is 54.9 Å². The van der Waals surface area contributed by atoms with Gasteiger partial charge in [-0.15, -0.1) is 0 Å². The number of methoxy groups -OCH3 is 1. The Morgan fingerprint density at radius 3 is 2.04 bits per heavy atom. The second kappa shape index (κ2) is 7.92. The van der Waals surface area contributed by atoms with Gasteiger partial charge in [-0.1, -0.05) is 0 Å². The molecule has 0 radical (unpaired) electrons. The molecule has 0 saturated carbocycles. The second-order valence-electron chi connectivity index (χ2n) is 7.06. The molecular weight excluding hydrogens is 352 g/mol. The third kappa shape index (κ3) is 3.95. The standard InChI is InChI=1S/C21H24N6O/c1-28-18-4-2-14(3-5-18)19-11-20(15-6-8-24-9-7-15)26-21(25-19)27-12-16(22)10-17(23)13-27/h2-9,11,16-17H,10,12-13,22-23H2,1H3/t16-,17?/m0/s1. The summed E-state index contributed by atoms with van der Waals surface area (Å²) in [6.45, 7) is 1.38. The van der Waals surface area contributed by atoms with E-state index in [0.717, 1.165) is 34.7 Å². The van der Waals surface area contributed by atoms with Crippen molar-refractivity contribution in [3.63, 3.8) is 0 Å². The highest BCUT2D eigenvalue weighted by molar-refractivity contribution is 5.69. The first kappa shape index (κ1) is 18.3. The summed E-state index contributed by atoms with van der Waals surface area (Å²) in [5.41, 5.74) is 16.0. The van der Waals surface area contributed by atoms with E-state index in [0.29, 0.717) is 19.0 Å². The molecule has 144 valence electrons. The molecule has 3 aromatic rings. The summed E-state index contributed by atoms with van der Waals surface area (Å²) >= 11 is 0. The monoisotopic (exact) mass is 376 g/mol. The number of ether oxygens (including phenoxy) is 1. The smallest absolute Gasteiger partial charge is 0.226 e. The van der Waals surface area contributed by atoms with Crippen LogP contribution in [-0.2, 0) is 0 Å². The molecular formula is C21H24N6O. The van der Waals surface area contributed by atoms with Crippen molar-refractivity contribution in [2.24, 2.45) is 11.5 Å². The Kier molecular flexibility index (Phi) is 5.18. The first-order valence-corrected chi connectivity index (χ1v) is 9.32. The van der Waals surface area contributed by atoms with Gasteiger partial charge in [0.2, 0.25) is 5.95 Å². The van der Waals surface area contributed by atoms with Gasteiger partial charge in [0, 0.05) is 48.7 Å². The van der Waals surface area contributed by atoms with Crippen molar-refractivity contribution in [3.8, 4) is 28.3 Å². The summed E-state index contributed by atoms with van der Waals surface area (Å²) < 4.78 is 5.26. The Morgan fingerprint density at radius 2 is 1.46 bits per heavy atom. The SMILES string of the molecule is COc1ccc(-c2cc(-c3ccncc3)nc(N3CC(N)C[C@H](N)C3)n2)cc1. The van der Waals surface area contributed by atoms with Crippen LogP contribution in [0.15, 0.2) is 54.9 Å². The van der Waals surface area contributed by atoms with Crippen LogP contribution < -0.4 is 21.1 Å². The van der Waals surface area contributed by atoms with E-state index in [1.54, 1.807) is 19.5 Å². The van der Waals surface area contributed by atoms with Crippen LogP contribution in [0.25, 0.3) is 22.5 Å². The first-order chi connectivity index (χ1) is 13.6. The molecule has 0 aliphatic carbocycles. The number of hydrogen-bond acceptors (Lipinski definition) is 7. The molecule has 2 aromatic heterocycles. The van der Waals surface area contributed by atoms with E-state index in [1.807, 2.05) is 42.5 Å². The highest BCUT2D eigenvalue weighted by Crippen LogP contribution is 2.28. The molecule has 0 spiro atoms. The predicted molar refractivity (Wildman–Crippen MR) is 110 cm³/mol. The minimum atomic E-state index is 0.0152. The van der Waals surface area contributed by atoms with E-state index in [2.05, 4.69) is 9.88 Å². The third-order valence-electron chi connectivity index (χ3n) is 4.87. The molecule has 7 nitrogen and oxygen atoms in total. The number of hydrogen-bond donors (Lipinski definition) is 2. The van der Waals surface area contributed by atoms with E-state index in [4.69, 9.17) is 26.2 Å². The van der Waals surface area contributed by atoms with Gasteiger partial charge in [-0.3, -0.25) is 4.98 Å². The molecule has 1 aromatic carbocycles. The van der Waals surface area contributed by atoms with Crippen LogP contribution in [0, 0.1) is 0 Å². The highest BCUT2D eigenvalue weighted by atomic mass is 16.5. The molecule has 28 heavy (non-hydrogen) atoms. The van der Waals surface area contributed by atoms with Gasteiger partial charge in [0.25, 0.3) is 0 Å². The number of piperidine rings is 1. The molecule has 4 N–H and O–H groups in total. The number of benzene rings is 1. The fourth-order valence-electron chi connectivity index (χ4n) is 3.50. The number of nitrogens with zero attached hydrogens (tertiary/aromatic N) is 4. The topological polar surface area (TPSA) is 103 Å². The minimum absolute atomic E-state index is 0.0152. The van der Waals surface area contributed by atoms with Gasteiger partial charge in [-0.25, -0.2) is 9.97 Å². The van der Waals surface area contributed by atoms with E-state index in [1.165, 1.54) is 0 Å². The van der Waals surface area contributed by atoms with Crippen molar-refractivity contribution < 1.29 is 4.74 Å². The zero-order valence-corrected chi connectivity index (χ0v) is 15.8. The summed E-state index contributed by atoms with van der Waals surface area (Å²) in [5, 5.41) is 0. The molecule has 7 heteroatoms. The number of pyridine rings is 1. The lowest BCUT2D eigenvalue weighted by Gasteiger charge is -2.34. The van der Waals surface area contributed by atoms with Crippen molar-refractivity contribution in [2.75, 3.05) is 25.1 Å². The molecule has 4 rings (SSSR count). The first-order valence-electron chi connectivity index (χ1n) is 9.32. The maximum absolute atomic E-state index is 6.18. The molecule has 1 unspecified atom stereocenters. The summed E-state index contributed by atoms with van der Waals surface area (Å²) in [6.07, 6.45) is 4.33. The second-order valence-corrected chi connectivity index (χ2v) is 7.06. The highest BCUT2D eigenvalue weighted by Gasteiger charge is 2.25. The minimum Gasteiger partial charge on any atom is -0.497 e. The largest absolute Gasteiger partial charge is 0.497 e. The Balaban J connectivity index is 1.78. The summed E-state index contributed by atoms with van der Waals surface area (Å²) in [5.74, 6) is 1.45. The van der Waals surface area contributed by atoms with Crippen LogP contribution in [0.1, 0.15) is 6.42 Å². The van der Waals surface area contributed by atoms with E-state index in [9.17, 15) is 0 Å². The Bertz CT molecular complexity index is 921. The molecule has 1 saturated heterocycles. The van der Waals surface area contributed by atoms with Crippen LogP contribution in [0.3, 0.4) is 0 Å². The predicted octanol–water partition coefficient (Wildman–Crippen LogP) is 2.08. The van der Waals surface area contributed by atoms with Gasteiger partial charge >= 0.3 is 0 Å². The quantitative estimate of drug-likeness (QED) is 0.718. The number of nitrogens with two attached hydrogens (primary N) is 2. The molecule has 0 amide bonds. The third-order valence-corrected chi connectivity index (χ3v) is 4.87. The molecule has 1 aliphatic heterocycles. The van der Waals surface area contributed by atoms with Crippen molar-refractivity contribution in [2.45, 2.75) is 18.5 Å². The Labute approximate surface area is 164 Å². The maximum atomic E-state index is 6.18.